The molecule has 2 radical (unpaired) electrons. The van der Waals surface area contributed by atoms with E-state index in [2.05, 4.69) is 8.61 Å². The monoisotopic (exact) mass is 415 g/mol. The molecule has 3 rings (SSSR count). The van der Waals surface area contributed by atoms with Gasteiger partial charge in [0.2, 0.25) is 10.0 Å². The van der Waals surface area contributed by atoms with Gasteiger partial charge < -0.3 is 18.2 Å². The molecule has 146 valence electrons. The number of aryl methyl sites for hydroxylation is 1. The number of benzene rings is 2. The molecule has 0 spiro atoms. The number of sulfonamides is 1. The first-order valence-corrected chi connectivity index (χ1v) is 10.9. The smallest absolute Gasteiger partial charge is 0.279 e. The number of hydrogen-bond donors (Lipinski definition) is 1. The molecule has 28 heavy (non-hydrogen) atoms. The number of amides is 1. The quantitative estimate of drug-likeness (QED) is 0.746. The summed E-state index contributed by atoms with van der Waals surface area (Å²) in [6.07, 6.45) is 0. The topological polar surface area (TPSA) is 79.0 Å². The summed E-state index contributed by atoms with van der Waals surface area (Å²) in [5, 5.41) is 0. The van der Waals surface area contributed by atoms with E-state index in [-0.39, 0.29) is 10.8 Å². The van der Waals surface area contributed by atoms with Crippen LogP contribution in [0.5, 0.6) is 5.75 Å². The fourth-order valence-corrected chi connectivity index (χ4v) is 4.34. The van der Waals surface area contributed by atoms with Gasteiger partial charge in [0, 0.05) is 31.7 Å². The fourth-order valence-electron chi connectivity index (χ4n) is 3.28. The molecule has 1 aliphatic heterocycles. The van der Waals surface area contributed by atoms with Crippen LogP contribution in [0.1, 0.15) is 15.9 Å². The van der Waals surface area contributed by atoms with Crippen LogP contribution in [0, 0.1) is 6.92 Å². The number of carbonyl (C=O) groups excluding carboxylic acids is 1. The second-order valence-electron chi connectivity index (χ2n) is 6.55. The maximum absolute atomic E-state index is 13.0. The van der Waals surface area contributed by atoms with Gasteiger partial charge in [-0.25, -0.2) is 8.42 Å². The van der Waals surface area contributed by atoms with E-state index in [0.717, 1.165) is 17.0 Å². The van der Waals surface area contributed by atoms with Crippen molar-refractivity contribution in [2.75, 3.05) is 38.2 Å². The van der Waals surface area contributed by atoms with Crippen LogP contribution in [0.3, 0.4) is 0 Å². The van der Waals surface area contributed by atoms with E-state index >= 15 is 0 Å². The molecule has 1 aliphatic rings. The highest BCUT2D eigenvalue weighted by molar-refractivity contribution is 7.90. The lowest BCUT2D eigenvalue weighted by molar-refractivity contribution is 0.0745. The minimum Gasteiger partial charge on any atom is -0.495 e. The van der Waals surface area contributed by atoms with Gasteiger partial charge in [0.25, 0.3) is 22.4 Å². The number of methoxy groups -OCH3 is 1. The molecule has 1 fully saturated rings. The third-order valence-electron chi connectivity index (χ3n) is 4.90. The van der Waals surface area contributed by atoms with Gasteiger partial charge in [-0.2, -0.15) is 0 Å². The maximum atomic E-state index is 13.0. The minimum absolute atomic E-state index is 0.0732. The first-order valence-electron chi connectivity index (χ1n) is 8.87. The van der Waals surface area contributed by atoms with Gasteiger partial charge >= 0.3 is 0 Å². The highest BCUT2D eigenvalue weighted by Gasteiger charge is 2.25. The average molecular weight is 415 g/mol. The van der Waals surface area contributed by atoms with Gasteiger partial charge in [-0.05, 0) is 36.8 Å². The number of hydrogen-bond acceptors (Lipinski definition) is 5. The number of carbonyl (C=O) groups is 1. The zero-order chi connectivity index (χ0) is 20.3. The SMILES string of the molecule is COc1ccccc1N1CCN(C(=O)c2cc(S(=O)(=O)[NH][Al])ccc2C)CC1. The molecule has 0 bridgehead atoms. The van der Waals surface area contributed by atoms with Crippen molar-refractivity contribution in [1.82, 2.24) is 8.61 Å². The second kappa shape index (κ2) is 8.54. The molecule has 0 aromatic heterocycles. The summed E-state index contributed by atoms with van der Waals surface area (Å²) in [5.41, 5.74) is 2.17. The second-order valence-corrected chi connectivity index (χ2v) is 8.97. The van der Waals surface area contributed by atoms with Gasteiger partial charge in [-0.15, -0.1) is 0 Å². The molecule has 7 nitrogen and oxygen atoms in total. The molecular formula is C19H22AlN3O4S. The van der Waals surface area contributed by atoms with Gasteiger partial charge in [0.05, 0.1) is 17.7 Å². The summed E-state index contributed by atoms with van der Waals surface area (Å²) < 4.78 is 31.7. The van der Waals surface area contributed by atoms with Crippen LogP contribution in [-0.2, 0) is 10.0 Å². The number of ether oxygens (including phenoxy) is 1. The number of para-hydroxylation sites is 2. The lowest BCUT2D eigenvalue weighted by Gasteiger charge is -2.36. The Morgan fingerprint density at radius 3 is 2.43 bits per heavy atom. The van der Waals surface area contributed by atoms with Gasteiger partial charge in [-0.3, -0.25) is 4.79 Å². The Morgan fingerprint density at radius 2 is 1.79 bits per heavy atom. The first-order chi connectivity index (χ1) is 13.4. The highest BCUT2D eigenvalue weighted by Crippen LogP contribution is 2.28. The molecule has 1 amide bonds. The number of anilines is 1. The highest BCUT2D eigenvalue weighted by atomic mass is 32.2. The Hall–Kier alpha value is -2.05. The van der Waals surface area contributed by atoms with Crippen LogP contribution in [0.25, 0.3) is 0 Å². The van der Waals surface area contributed by atoms with Crippen LogP contribution in [0.4, 0.5) is 5.69 Å². The Balaban J connectivity index is 1.76. The zero-order valence-corrected chi connectivity index (χ0v) is 17.9. The van der Waals surface area contributed by atoms with Crippen molar-refractivity contribution in [3.63, 3.8) is 0 Å². The first kappa shape index (κ1) is 20.7. The molecule has 0 unspecified atom stereocenters. The minimum atomic E-state index is -3.63. The van der Waals surface area contributed by atoms with Crippen molar-refractivity contribution < 1.29 is 17.9 Å². The summed E-state index contributed by atoms with van der Waals surface area (Å²) in [7, 11) is -1.99. The average Bonchev–Trinajstić information content (AvgIpc) is 2.73. The number of piperazine rings is 1. The van der Waals surface area contributed by atoms with Crippen LogP contribution in [0.15, 0.2) is 47.4 Å². The van der Waals surface area contributed by atoms with Gasteiger partial charge in [0.15, 0.2) is 0 Å². The Kier molecular flexibility index (Phi) is 6.30. The fraction of sp³-hybridized carbons (Fsp3) is 0.316. The van der Waals surface area contributed by atoms with Crippen molar-refractivity contribution >= 4 is 38.1 Å². The molecule has 0 saturated carbocycles. The lowest BCUT2D eigenvalue weighted by atomic mass is 10.1. The molecule has 0 aliphatic carbocycles. The van der Waals surface area contributed by atoms with Gasteiger partial charge in [-0.1, -0.05) is 18.2 Å². The maximum Gasteiger partial charge on any atom is 0.279 e. The molecule has 1 N–H and O–H groups in total. The standard InChI is InChI=1S/C19H22N3O4S.Al/c1-14-7-8-15(27(20,24)25)13-16(14)19(23)22-11-9-21(10-12-22)17-5-3-4-6-18(17)26-2;/h3-8,13H,9-12H2,1-2H3,(H-,20,24,25);/q-1;+1. The zero-order valence-electron chi connectivity index (χ0n) is 15.9. The van der Waals surface area contributed by atoms with Crippen molar-refractivity contribution in [3.05, 3.63) is 53.6 Å². The van der Waals surface area contributed by atoms with Crippen molar-refractivity contribution in [2.45, 2.75) is 11.8 Å². The van der Waals surface area contributed by atoms with Crippen LogP contribution in [-0.4, -0.2) is 69.0 Å². The Morgan fingerprint density at radius 1 is 1.11 bits per heavy atom. The largest absolute Gasteiger partial charge is 0.495 e. The number of rotatable bonds is 5. The van der Waals surface area contributed by atoms with Crippen molar-refractivity contribution in [1.29, 1.82) is 0 Å². The van der Waals surface area contributed by atoms with Crippen molar-refractivity contribution in [2.24, 2.45) is 0 Å². The number of nitrogens with one attached hydrogen (secondary N) is 1. The van der Waals surface area contributed by atoms with Crippen LogP contribution in [0.2, 0.25) is 0 Å². The molecule has 1 saturated heterocycles. The van der Waals surface area contributed by atoms with Crippen molar-refractivity contribution in [3.8, 4) is 5.75 Å². The molecule has 0 atom stereocenters. The third kappa shape index (κ3) is 4.18. The molecular weight excluding hydrogens is 393 g/mol. The van der Waals surface area contributed by atoms with E-state index in [0.29, 0.717) is 31.7 Å². The lowest BCUT2D eigenvalue weighted by Crippen LogP contribution is -2.49. The van der Waals surface area contributed by atoms with Crippen LogP contribution >= 0.6 is 0 Å². The predicted octanol–water partition coefficient (Wildman–Crippen LogP) is 1.33. The normalized spacial score (nSPS) is 14.8. The van der Waals surface area contributed by atoms with Crippen LogP contribution < -0.4 is 13.3 Å². The predicted molar refractivity (Wildman–Crippen MR) is 108 cm³/mol. The summed E-state index contributed by atoms with van der Waals surface area (Å²) in [6, 6.07) is 12.4. The Bertz CT molecular complexity index is 973. The molecule has 9 heteroatoms. The van der Waals surface area contributed by atoms with E-state index in [1.165, 1.54) is 12.1 Å². The summed E-state index contributed by atoms with van der Waals surface area (Å²) in [4.78, 5) is 17.0. The summed E-state index contributed by atoms with van der Waals surface area (Å²) in [6.45, 7) is 4.26. The van der Waals surface area contributed by atoms with E-state index in [1.54, 1.807) is 18.1 Å². The molecule has 2 aromatic rings. The van der Waals surface area contributed by atoms with E-state index in [1.807, 2.05) is 47.7 Å². The Labute approximate surface area is 174 Å². The third-order valence-corrected chi connectivity index (χ3v) is 7.01. The molecule has 1 heterocycles. The van der Waals surface area contributed by atoms with E-state index in [9.17, 15) is 13.2 Å². The summed E-state index contributed by atoms with van der Waals surface area (Å²) in [5.74, 6) is 0.652. The van der Waals surface area contributed by atoms with Gasteiger partial charge in [0.1, 0.15) is 5.75 Å². The molecule has 2 aromatic carbocycles. The number of nitrogens with zero attached hydrogens (tertiary/aromatic N) is 2. The summed E-state index contributed by atoms with van der Waals surface area (Å²) >= 11 is 1.98. The van der Waals surface area contributed by atoms with E-state index < -0.39 is 10.0 Å². The van der Waals surface area contributed by atoms with E-state index in [4.69, 9.17) is 4.74 Å².